The Morgan fingerprint density at radius 1 is 1.30 bits per heavy atom. The Hall–Kier alpha value is -2.81. The molecule has 1 saturated carbocycles. The van der Waals surface area contributed by atoms with Gasteiger partial charge in [-0.3, -0.25) is 4.79 Å². The van der Waals surface area contributed by atoms with Gasteiger partial charge in [-0.15, -0.1) is 0 Å². The molecule has 8 nitrogen and oxygen atoms in total. The third kappa shape index (κ3) is 4.35. The van der Waals surface area contributed by atoms with Gasteiger partial charge in [-0.25, -0.2) is 9.18 Å². The second kappa shape index (κ2) is 8.51. The van der Waals surface area contributed by atoms with Crippen LogP contribution in [0.15, 0.2) is 28.8 Å². The summed E-state index contributed by atoms with van der Waals surface area (Å²) in [5.74, 6) is 0.199. The van der Waals surface area contributed by atoms with Gasteiger partial charge in [-0.1, -0.05) is 16.8 Å². The Kier molecular flexibility index (Phi) is 5.80. The number of halogens is 2. The molecule has 160 valence electrons. The van der Waals surface area contributed by atoms with Gasteiger partial charge in [0, 0.05) is 31.2 Å². The van der Waals surface area contributed by atoms with Crippen molar-refractivity contribution in [2.24, 2.45) is 11.8 Å². The van der Waals surface area contributed by atoms with Crippen molar-refractivity contribution in [3.8, 4) is 5.75 Å². The van der Waals surface area contributed by atoms with Crippen LogP contribution in [0, 0.1) is 17.7 Å². The zero-order valence-corrected chi connectivity index (χ0v) is 17.0. The van der Waals surface area contributed by atoms with Gasteiger partial charge >= 0.3 is 6.09 Å². The predicted octanol–water partition coefficient (Wildman–Crippen LogP) is 3.25. The number of nitrogens with zero attached hydrogens (tertiary/aromatic N) is 2. The first-order valence-electron chi connectivity index (χ1n) is 9.64. The average molecular weight is 438 g/mol. The summed E-state index contributed by atoms with van der Waals surface area (Å²) < 4.78 is 30.0. The molecule has 4 rings (SSSR count). The maximum Gasteiger partial charge on any atom is 0.410 e. The molecule has 2 aromatic rings. The lowest BCUT2D eigenvalue weighted by molar-refractivity contribution is 0.0895. The molecule has 3 atom stereocenters. The molecule has 1 N–H and O–H groups in total. The molecule has 2 fully saturated rings. The SMILES string of the molecule is CNC(=O)c1cc(COC(=O)N2C[C@H]3C[C@@H](Oc4ccc(Cl)cc4F)C[C@H]3C2)on1. The van der Waals surface area contributed by atoms with Gasteiger partial charge in [0.25, 0.3) is 5.91 Å². The molecular weight excluding hydrogens is 417 g/mol. The number of ether oxygens (including phenoxy) is 2. The fourth-order valence-corrected chi connectivity index (χ4v) is 4.24. The van der Waals surface area contributed by atoms with Crippen molar-refractivity contribution in [3.05, 3.63) is 46.6 Å². The van der Waals surface area contributed by atoms with Gasteiger partial charge in [-0.2, -0.15) is 0 Å². The quantitative estimate of drug-likeness (QED) is 0.771. The lowest BCUT2D eigenvalue weighted by Crippen LogP contribution is -2.31. The van der Waals surface area contributed by atoms with E-state index < -0.39 is 11.9 Å². The van der Waals surface area contributed by atoms with Crippen LogP contribution in [0.25, 0.3) is 0 Å². The zero-order valence-electron chi connectivity index (χ0n) is 16.3. The van der Waals surface area contributed by atoms with E-state index in [2.05, 4.69) is 10.5 Å². The minimum absolute atomic E-state index is 0.0915. The lowest BCUT2D eigenvalue weighted by Gasteiger charge is -2.19. The highest BCUT2D eigenvalue weighted by molar-refractivity contribution is 6.30. The van der Waals surface area contributed by atoms with Crippen LogP contribution in [-0.4, -0.2) is 48.3 Å². The second-order valence-electron chi connectivity index (χ2n) is 7.52. The Morgan fingerprint density at radius 2 is 2.03 bits per heavy atom. The molecule has 10 heteroatoms. The molecule has 2 amide bonds. The number of hydrogen-bond donors (Lipinski definition) is 1. The smallest absolute Gasteiger partial charge is 0.410 e. The van der Waals surface area contributed by atoms with Gasteiger partial charge in [0.15, 0.2) is 29.6 Å². The summed E-state index contributed by atoms with van der Waals surface area (Å²) in [6, 6.07) is 5.80. The van der Waals surface area contributed by atoms with Crippen LogP contribution >= 0.6 is 11.6 Å². The molecule has 2 heterocycles. The number of carbonyl (C=O) groups excluding carboxylic acids is 2. The average Bonchev–Trinajstić information content (AvgIpc) is 3.42. The van der Waals surface area contributed by atoms with E-state index in [1.54, 1.807) is 11.0 Å². The number of hydrogen-bond acceptors (Lipinski definition) is 6. The van der Waals surface area contributed by atoms with Crippen LogP contribution in [-0.2, 0) is 11.3 Å². The molecule has 1 aromatic carbocycles. The summed E-state index contributed by atoms with van der Waals surface area (Å²) >= 11 is 5.77. The molecule has 1 aliphatic heterocycles. The van der Waals surface area contributed by atoms with Crippen molar-refractivity contribution in [2.45, 2.75) is 25.6 Å². The molecule has 2 aliphatic rings. The third-order valence-electron chi connectivity index (χ3n) is 5.51. The standard InChI is InChI=1S/C20H21ClFN3O5/c1-23-19(26)17-7-15(30-24-17)10-28-20(27)25-8-11-4-14(5-12(11)9-25)29-18-3-2-13(21)6-16(18)22/h2-3,6-7,11-12,14H,4-5,8-10H2,1H3,(H,23,26)/t11-,12+,14-. The highest BCUT2D eigenvalue weighted by Crippen LogP contribution is 2.40. The summed E-state index contributed by atoms with van der Waals surface area (Å²) in [7, 11) is 1.49. The first-order chi connectivity index (χ1) is 14.4. The van der Waals surface area contributed by atoms with E-state index in [1.807, 2.05) is 0 Å². The van der Waals surface area contributed by atoms with Crippen LogP contribution in [0.5, 0.6) is 5.75 Å². The number of aromatic nitrogens is 1. The fourth-order valence-electron chi connectivity index (χ4n) is 4.08. The molecule has 0 spiro atoms. The monoisotopic (exact) mass is 437 g/mol. The highest BCUT2D eigenvalue weighted by Gasteiger charge is 2.44. The first kappa shape index (κ1) is 20.5. The zero-order chi connectivity index (χ0) is 21.3. The number of carbonyl (C=O) groups is 2. The molecule has 0 unspecified atom stereocenters. The molecule has 1 saturated heterocycles. The molecule has 30 heavy (non-hydrogen) atoms. The van der Waals surface area contributed by atoms with Crippen LogP contribution < -0.4 is 10.1 Å². The second-order valence-corrected chi connectivity index (χ2v) is 7.96. The minimum Gasteiger partial charge on any atom is -0.487 e. The Bertz CT molecular complexity index is 938. The molecule has 0 bridgehead atoms. The van der Waals surface area contributed by atoms with Crippen molar-refractivity contribution in [1.29, 1.82) is 0 Å². The van der Waals surface area contributed by atoms with Crippen LogP contribution in [0.4, 0.5) is 9.18 Å². The van der Waals surface area contributed by atoms with Crippen molar-refractivity contribution in [2.75, 3.05) is 20.1 Å². The molecular formula is C20H21ClFN3O5. The van der Waals surface area contributed by atoms with Gasteiger partial charge in [0.05, 0.1) is 6.10 Å². The predicted molar refractivity (Wildman–Crippen MR) is 104 cm³/mol. The highest BCUT2D eigenvalue weighted by atomic mass is 35.5. The number of likely N-dealkylation sites (tertiary alicyclic amines) is 1. The van der Waals surface area contributed by atoms with Gasteiger partial charge in [0.1, 0.15) is 0 Å². The van der Waals surface area contributed by atoms with E-state index >= 15 is 0 Å². The van der Waals surface area contributed by atoms with E-state index in [0.717, 1.165) is 12.8 Å². The van der Waals surface area contributed by atoms with E-state index in [-0.39, 0.29) is 41.9 Å². The summed E-state index contributed by atoms with van der Waals surface area (Å²) in [6.45, 7) is 1.02. The number of amides is 2. The van der Waals surface area contributed by atoms with E-state index in [9.17, 15) is 14.0 Å². The normalized spacial score (nSPS) is 22.6. The Morgan fingerprint density at radius 3 is 2.70 bits per heavy atom. The number of benzene rings is 1. The van der Waals surface area contributed by atoms with Crippen LogP contribution in [0.3, 0.4) is 0 Å². The summed E-state index contributed by atoms with van der Waals surface area (Å²) in [4.78, 5) is 25.5. The molecule has 1 aliphatic carbocycles. The van der Waals surface area contributed by atoms with E-state index in [0.29, 0.717) is 23.9 Å². The summed E-state index contributed by atoms with van der Waals surface area (Å²) in [5, 5.41) is 6.39. The lowest BCUT2D eigenvalue weighted by atomic mass is 10.0. The van der Waals surface area contributed by atoms with Gasteiger partial charge in [0.2, 0.25) is 0 Å². The van der Waals surface area contributed by atoms with Crippen LogP contribution in [0.2, 0.25) is 5.02 Å². The number of fused-ring (bicyclic) bond motifs is 1. The Balaban J connectivity index is 1.25. The largest absolute Gasteiger partial charge is 0.487 e. The maximum atomic E-state index is 13.9. The van der Waals surface area contributed by atoms with E-state index in [1.165, 1.54) is 25.2 Å². The maximum absolute atomic E-state index is 13.9. The Labute approximate surface area is 177 Å². The topological polar surface area (TPSA) is 93.9 Å². The van der Waals surface area contributed by atoms with Gasteiger partial charge < -0.3 is 24.2 Å². The van der Waals surface area contributed by atoms with Crippen molar-refractivity contribution in [1.82, 2.24) is 15.4 Å². The third-order valence-corrected chi connectivity index (χ3v) is 5.75. The molecule has 1 aromatic heterocycles. The fraction of sp³-hybridized carbons (Fsp3) is 0.450. The number of nitrogens with one attached hydrogen (secondary N) is 1. The van der Waals surface area contributed by atoms with Crippen molar-refractivity contribution < 1.29 is 28.0 Å². The van der Waals surface area contributed by atoms with Crippen LogP contribution in [0.1, 0.15) is 29.1 Å². The summed E-state index contributed by atoms with van der Waals surface area (Å²) in [6.07, 6.45) is 0.956. The first-order valence-corrected chi connectivity index (χ1v) is 10.0. The minimum atomic E-state index is -0.475. The molecule has 0 radical (unpaired) electrons. The van der Waals surface area contributed by atoms with Crippen molar-refractivity contribution >= 4 is 23.6 Å². The van der Waals surface area contributed by atoms with E-state index in [4.69, 9.17) is 25.6 Å². The number of rotatable bonds is 5. The summed E-state index contributed by atoms with van der Waals surface area (Å²) in [5.41, 5.74) is 0.127. The van der Waals surface area contributed by atoms with Gasteiger partial charge in [-0.05, 0) is 42.9 Å². The van der Waals surface area contributed by atoms with Crippen molar-refractivity contribution in [3.63, 3.8) is 0 Å².